The number of carbonyl (C=O) groups is 2. The number of benzene rings is 1. The first-order valence-corrected chi connectivity index (χ1v) is 9.05. The summed E-state index contributed by atoms with van der Waals surface area (Å²) in [5.41, 5.74) is 1.92. The van der Waals surface area contributed by atoms with Crippen LogP contribution in [0.4, 0.5) is 15.3 Å². The van der Waals surface area contributed by atoms with E-state index in [-0.39, 0.29) is 6.03 Å². The number of hydrogen-bond donors (Lipinski definition) is 1. The molecule has 0 radical (unpaired) electrons. The van der Waals surface area contributed by atoms with Gasteiger partial charge >= 0.3 is 12.1 Å². The fourth-order valence-electron chi connectivity index (χ4n) is 1.91. The number of urea groups is 2. The molecule has 0 bridgehead atoms. The largest absolute Gasteiger partial charge is 0.345 e. The lowest BCUT2D eigenvalue weighted by Crippen LogP contribution is -2.39. The van der Waals surface area contributed by atoms with E-state index in [2.05, 4.69) is 24.2 Å². The number of thioether (sulfide) groups is 1. The van der Waals surface area contributed by atoms with Crippen molar-refractivity contribution in [1.29, 1.82) is 0 Å². The van der Waals surface area contributed by atoms with Crippen molar-refractivity contribution in [2.45, 2.75) is 26.7 Å². The summed E-state index contributed by atoms with van der Waals surface area (Å²) in [5, 5.41) is 3.21. The maximum Gasteiger partial charge on any atom is 0.345 e. The first kappa shape index (κ1) is 20.0. The molecule has 7 heteroatoms. The molecule has 0 atom stereocenters. The van der Waals surface area contributed by atoms with Gasteiger partial charge in [-0.05, 0) is 36.8 Å². The van der Waals surface area contributed by atoms with Crippen molar-refractivity contribution < 1.29 is 9.59 Å². The molecule has 0 saturated carbocycles. The van der Waals surface area contributed by atoms with Crippen LogP contribution in [0.5, 0.6) is 0 Å². The number of amides is 4. The van der Waals surface area contributed by atoms with Crippen LogP contribution in [-0.4, -0.2) is 53.9 Å². The Morgan fingerprint density at radius 2 is 1.79 bits per heavy atom. The van der Waals surface area contributed by atoms with Crippen LogP contribution in [0.1, 0.15) is 32.3 Å². The molecule has 0 aromatic heterocycles. The lowest BCUT2D eigenvalue weighted by atomic mass is 10.0. The maximum atomic E-state index is 12.5. The normalized spacial score (nSPS) is 11.4. The zero-order valence-corrected chi connectivity index (χ0v) is 16.0. The minimum Gasteiger partial charge on any atom is -0.329 e. The summed E-state index contributed by atoms with van der Waals surface area (Å²) in [6, 6.07) is 7.04. The SMILES string of the molecule is CCN(C(=O)Nc1ccc(C(C)C)cc1)C(=NC(=O)N(C)C)SC. The Balaban J connectivity index is 2.90. The summed E-state index contributed by atoms with van der Waals surface area (Å²) < 4.78 is 0. The van der Waals surface area contributed by atoms with Gasteiger partial charge in [0.25, 0.3) is 0 Å². The summed E-state index contributed by atoms with van der Waals surface area (Å²) in [6.07, 6.45) is 1.79. The first-order valence-electron chi connectivity index (χ1n) is 7.82. The molecule has 6 nitrogen and oxygen atoms in total. The highest BCUT2D eigenvalue weighted by atomic mass is 32.2. The predicted molar refractivity (Wildman–Crippen MR) is 102 cm³/mol. The Morgan fingerprint density at radius 1 is 1.21 bits per heavy atom. The smallest absolute Gasteiger partial charge is 0.329 e. The van der Waals surface area contributed by atoms with Gasteiger partial charge in [-0.15, -0.1) is 0 Å². The van der Waals surface area contributed by atoms with Gasteiger partial charge in [-0.1, -0.05) is 37.7 Å². The number of anilines is 1. The second-order valence-electron chi connectivity index (χ2n) is 5.73. The first-order chi connectivity index (χ1) is 11.3. The van der Waals surface area contributed by atoms with E-state index < -0.39 is 6.03 Å². The van der Waals surface area contributed by atoms with E-state index >= 15 is 0 Å². The summed E-state index contributed by atoms with van der Waals surface area (Å²) >= 11 is 1.26. The Labute approximate surface area is 148 Å². The Bertz CT molecular complexity index is 597. The van der Waals surface area contributed by atoms with E-state index in [1.807, 2.05) is 31.2 Å². The van der Waals surface area contributed by atoms with Crippen molar-refractivity contribution >= 4 is 34.7 Å². The van der Waals surface area contributed by atoms with Gasteiger partial charge in [-0.25, -0.2) is 9.59 Å². The van der Waals surface area contributed by atoms with Crippen LogP contribution >= 0.6 is 11.8 Å². The van der Waals surface area contributed by atoms with Gasteiger partial charge in [0.15, 0.2) is 5.17 Å². The van der Waals surface area contributed by atoms with Gasteiger partial charge in [0.2, 0.25) is 0 Å². The van der Waals surface area contributed by atoms with Crippen molar-refractivity contribution in [3.63, 3.8) is 0 Å². The van der Waals surface area contributed by atoms with E-state index in [1.165, 1.54) is 27.1 Å². The van der Waals surface area contributed by atoms with Crippen molar-refractivity contribution in [2.75, 3.05) is 32.2 Å². The third-order valence-electron chi connectivity index (χ3n) is 3.38. The van der Waals surface area contributed by atoms with Gasteiger partial charge in [0, 0.05) is 26.3 Å². The van der Waals surface area contributed by atoms with Gasteiger partial charge < -0.3 is 10.2 Å². The predicted octanol–water partition coefficient (Wildman–Crippen LogP) is 4.06. The minimum atomic E-state index is -0.396. The second-order valence-corrected chi connectivity index (χ2v) is 6.50. The number of rotatable bonds is 3. The molecule has 132 valence electrons. The average Bonchev–Trinajstić information content (AvgIpc) is 2.54. The van der Waals surface area contributed by atoms with Crippen LogP contribution in [0.2, 0.25) is 0 Å². The molecule has 4 amide bonds. The van der Waals surface area contributed by atoms with E-state index in [0.717, 1.165) is 0 Å². The lowest BCUT2D eigenvalue weighted by Gasteiger charge is -2.22. The Morgan fingerprint density at radius 3 is 2.21 bits per heavy atom. The molecule has 0 saturated heterocycles. The zero-order valence-electron chi connectivity index (χ0n) is 15.2. The van der Waals surface area contributed by atoms with Gasteiger partial charge in [-0.2, -0.15) is 4.99 Å². The molecule has 24 heavy (non-hydrogen) atoms. The molecule has 0 aliphatic carbocycles. The molecule has 0 aliphatic rings. The zero-order chi connectivity index (χ0) is 18.3. The minimum absolute atomic E-state index is 0.311. The maximum absolute atomic E-state index is 12.5. The van der Waals surface area contributed by atoms with E-state index in [4.69, 9.17) is 0 Å². The van der Waals surface area contributed by atoms with Crippen molar-refractivity contribution in [3.05, 3.63) is 29.8 Å². The topological polar surface area (TPSA) is 65.0 Å². The number of carbonyl (C=O) groups excluding carboxylic acids is 2. The highest BCUT2D eigenvalue weighted by molar-refractivity contribution is 8.13. The molecule has 0 unspecified atom stereocenters. The Kier molecular flexibility index (Phi) is 7.78. The molecule has 1 rings (SSSR count). The van der Waals surface area contributed by atoms with Crippen LogP contribution in [0, 0.1) is 0 Å². The second kappa shape index (κ2) is 9.32. The van der Waals surface area contributed by atoms with Crippen LogP contribution in [0.25, 0.3) is 0 Å². The molecule has 0 spiro atoms. The lowest BCUT2D eigenvalue weighted by molar-refractivity contribution is 0.226. The summed E-state index contributed by atoms with van der Waals surface area (Å²) in [5.74, 6) is 0.439. The molecule has 0 aliphatic heterocycles. The van der Waals surface area contributed by atoms with Crippen molar-refractivity contribution in [1.82, 2.24) is 9.80 Å². The third kappa shape index (κ3) is 5.56. The van der Waals surface area contributed by atoms with Crippen LogP contribution in [-0.2, 0) is 0 Å². The average molecular weight is 350 g/mol. The number of amidine groups is 1. The molecule has 1 N–H and O–H groups in total. The highest BCUT2D eigenvalue weighted by Gasteiger charge is 2.19. The number of aliphatic imine (C=N–C) groups is 1. The number of nitrogens with one attached hydrogen (secondary N) is 1. The molecule has 0 fully saturated rings. The molecular weight excluding hydrogens is 324 g/mol. The molecular formula is C17H26N4O2S. The quantitative estimate of drug-likeness (QED) is 0.660. The van der Waals surface area contributed by atoms with Crippen molar-refractivity contribution in [3.8, 4) is 0 Å². The molecule has 0 heterocycles. The van der Waals surface area contributed by atoms with Gasteiger partial charge in [-0.3, -0.25) is 4.90 Å². The fourth-order valence-corrected chi connectivity index (χ4v) is 2.51. The summed E-state index contributed by atoms with van der Waals surface area (Å²) in [4.78, 5) is 31.1. The van der Waals surface area contributed by atoms with E-state index in [0.29, 0.717) is 23.3 Å². The van der Waals surface area contributed by atoms with Crippen molar-refractivity contribution in [2.24, 2.45) is 4.99 Å². The highest BCUT2D eigenvalue weighted by Crippen LogP contribution is 2.18. The molecule has 1 aromatic rings. The standard InChI is InChI=1S/C17H26N4O2S/c1-7-21(17(24-6)19-15(22)20(4)5)16(23)18-14-10-8-13(9-11-14)12(2)3/h8-12H,7H2,1-6H3,(H,18,23). The van der Waals surface area contributed by atoms with E-state index in [9.17, 15) is 9.59 Å². The Hall–Kier alpha value is -2.02. The van der Waals surface area contributed by atoms with Crippen LogP contribution in [0.15, 0.2) is 29.3 Å². The monoisotopic (exact) mass is 350 g/mol. The van der Waals surface area contributed by atoms with Crippen LogP contribution < -0.4 is 5.32 Å². The number of hydrogen-bond acceptors (Lipinski definition) is 3. The van der Waals surface area contributed by atoms with Gasteiger partial charge in [0.1, 0.15) is 0 Å². The summed E-state index contributed by atoms with van der Waals surface area (Å²) in [6.45, 7) is 6.49. The van der Waals surface area contributed by atoms with Gasteiger partial charge in [0.05, 0.1) is 0 Å². The number of nitrogens with zero attached hydrogens (tertiary/aromatic N) is 3. The third-order valence-corrected chi connectivity index (χ3v) is 4.05. The molecule has 1 aromatic carbocycles. The summed E-state index contributed by atoms with van der Waals surface area (Å²) in [7, 11) is 3.24. The van der Waals surface area contributed by atoms with Crippen LogP contribution in [0.3, 0.4) is 0 Å². The fraction of sp³-hybridized carbons (Fsp3) is 0.471. The van der Waals surface area contributed by atoms with E-state index in [1.54, 1.807) is 20.4 Å².